The fourth-order valence-electron chi connectivity index (χ4n) is 2.12. The zero-order chi connectivity index (χ0) is 13.6. The van der Waals surface area contributed by atoms with E-state index in [1.807, 2.05) is 47.3 Å². The van der Waals surface area contributed by atoms with Gasteiger partial charge in [-0.3, -0.25) is 0 Å². The average molecular weight is 263 g/mol. The molecule has 100 valence electrons. The summed E-state index contributed by atoms with van der Waals surface area (Å²) >= 11 is 0. The number of nitrogens with one attached hydrogen (secondary N) is 1. The number of nitrogens with zero attached hydrogens (tertiary/aromatic N) is 2. The summed E-state index contributed by atoms with van der Waals surface area (Å²) in [6.45, 7) is 1.69. The topological polar surface area (TPSA) is 29.9 Å². The highest BCUT2D eigenvalue weighted by atomic mass is 15.3. The first kappa shape index (κ1) is 12.6. The van der Waals surface area contributed by atoms with Crippen molar-refractivity contribution < 1.29 is 0 Å². The minimum Gasteiger partial charge on any atom is -0.309 e. The summed E-state index contributed by atoms with van der Waals surface area (Å²) in [4.78, 5) is 0. The van der Waals surface area contributed by atoms with E-state index in [9.17, 15) is 0 Å². The fourth-order valence-corrected chi connectivity index (χ4v) is 2.12. The van der Waals surface area contributed by atoms with Crippen LogP contribution in [0.4, 0.5) is 0 Å². The molecule has 0 unspecified atom stereocenters. The minimum atomic E-state index is 0.821. The highest BCUT2D eigenvalue weighted by Crippen LogP contribution is 2.07. The van der Waals surface area contributed by atoms with E-state index in [0.29, 0.717) is 0 Å². The van der Waals surface area contributed by atoms with Gasteiger partial charge in [0.15, 0.2) is 0 Å². The van der Waals surface area contributed by atoms with E-state index in [1.54, 1.807) is 0 Å². The van der Waals surface area contributed by atoms with Gasteiger partial charge in [0.05, 0.1) is 11.9 Å². The van der Waals surface area contributed by atoms with Crippen molar-refractivity contribution in [1.29, 1.82) is 0 Å². The Morgan fingerprint density at radius 1 is 0.800 bits per heavy atom. The molecule has 3 rings (SSSR count). The first-order valence-electron chi connectivity index (χ1n) is 6.75. The third kappa shape index (κ3) is 3.13. The van der Waals surface area contributed by atoms with Crippen molar-refractivity contribution >= 4 is 0 Å². The molecule has 3 heteroatoms. The molecule has 3 aromatic rings. The smallest absolute Gasteiger partial charge is 0.0645 e. The first-order valence-corrected chi connectivity index (χ1v) is 6.75. The molecule has 0 aliphatic rings. The molecule has 0 aliphatic carbocycles. The van der Waals surface area contributed by atoms with Gasteiger partial charge in [0.2, 0.25) is 0 Å². The van der Waals surface area contributed by atoms with E-state index < -0.39 is 0 Å². The summed E-state index contributed by atoms with van der Waals surface area (Å²) < 4.78 is 1.90. The minimum absolute atomic E-state index is 0.821. The Balaban J connectivity index is 1.58. The fraction of sp³-hybridized carbons (Fsp3) is 0.118. The van der Waals surface area contributed by atoms with Crippen molar-refractivity contribution in [1.82, 2.24) is 15.1 Å². The molecule has 0 radical (unpaired) electrons. The molecule has 1 heterocycles. The molecule has 0 atom stereocenters. The van der Waals surface area contributed by atoms with Crippen LogP contribution in [0, 0.1) is 0 Å². The Hall–Kier alpha value is -2.39. The maximum absolute atomic E-state index is 4.39. The molecule has 0 saturated carbocycles. The molecule has 1 aromatic heterocycles. The molecule has 1 N–H and O–H groups in total. The van der Waals surface area contributed by atoms with Gasteiger partial charge in [0.25, 0.3) is 0 Å². The third-order valence-corrected chi connectivity index (χ3v) is 3.16. The zero-order valence-electron chi connectivity index (χ0n) is 11.2. The first-order chi connectivity index (χ1) is 9.92. The molecule has 0 spiro atoms. The van der Waals surface area contributed by atoms with Crippen LogP contribution in [0.5, 0.6) is 0 Å². The highest BCUT2D eigenvalue weighted by molar-refractivity contribution is 5.30. The lowest BCUT2D eigenvalue weighted by Gasteiger charge is -2.03. The summed E-state index contributed by atoms with van der Waals surface area (Å²) in [5.41, 5.74) is 3.56. The van der Waals surface area contributed by atoms with E-state index in [1.165, 1.54) is 11.1 Å². The maximum Gasteiger partial charge on any atom is 0.0645 e. The van der Waals surface area contributed by atoms with Crippen LogP contribution >= 0.6 is 0 Å². The molecular weight excluding hydrogens is 246 g/mol. The van der Waals surface area contributed by atoms with Gasteiger partial charge >= 0.3 is 0 Å². The molecule has 0 saturated heterocycles. The van der Waals surface area contributed by atoms with E-state index in [-0.39, 0.29) is 0 Å². The standard InChI is InChI=1S/C17H17N3/c1-3-7-15(8-4-1)11-18-12-16-13-19-20(14-16)17-9-5-2-6-10-17/h1-10,13-14,18H,11-12H2. The average Bonchev–Trinajstić information content (AvgIpc) is 2.98. The number of hydrogen-bond acceptors (Lipinski definition) is 2. The molecule has 2 aromatic carbocycles. The monoisotopic (exact) mass is 263 g/mol. The summed E-state index contributed by atoms with van der Waals surface area (Å²) in [5.74, 6) is 0. The van der Waals surface area contributed by atoms with Crippen LogP contribution in [-0.2, 0) is 13.1 Å². The van der Waals surface area contributed by atoms with E-state index in [2.05, 4.69) is 40.9 Å². The number of para-hydroxylation sites is 1. The second kappa shape index (κ2) is 6.17. The lowest BCUT2D eigenvalue weighted by molar-refractivity contribution is 0.693. The van der Waals surface area contributed by atoms with Crippen molar-refractivity contribution in [2.24, 2.45) is 0 Å². The van der Waals surface area contributed by atoms with Crippen molar-refractivity contribution in [2.75, 3.05) is 0 Å². The van der Waals surface area contributed by atoms with Gasteiger partial charge in [-0.15, -0.1) is 0 Å². The lowest BCUT2D eigenvalue weighted by Crippen LogP contribution is -2.12. The van der Waals surface area contributed by atoms with Gasteiger partial charge < -0.3 is 5.32 Å². The molecule has 0 bridgehead atoms. The highest BCUT2D eigenvalue weighted by Gasteiger charge is 2.00. The number of aromatic nitrogens is 2. The van der Waals surface area contributed by atoms with E-state index in [4.69, 9.17) is 0 Å². The second-order valence-corrected chi connectivity index (χ2v) is 4.72. The number of rotatable bonds is 5. The molecule has 0 amide bonds. The van der Waals surface area contributed by atoms with Crippen LogP contribution in [0.3, 0.4) is 0 Å². The van der Waals surface area contributed by atoms with Crippen LogP contribution in [0.25, 0.3) is 5.69 Å². The largest absolute Gasteiger partial charge is 0.309 e. The Morgan fingerprint density at radius 2 is 1.45 bits per heavy atom. The van der Waals surface area contributed by atoms with Crippen LogP contribution in [0.15, 0.2) is 73.1 Å². The van der Waals surface area contributed by atoms with Crippen LogP contribution < -0.4 is 5.32 Å². The summed E-state index contributed by atoms with van der Waals surface area (Å²) in [5, 5.41) is 7.82. The predicted octanol–water partition coefficient (Wildman–Crippen LogP) is 3.16. The Bertz CT molecular complexity index is 644. The van der Waals surface area contributed by atoms with Crippen LogP contribution in [0.2, 0.25) is 0 Å². The predicted molar refractivity (Wildman–Crippen MR) is 80.5 cm³/mol. The van der Waals surface area contributed by atoms with E-state index in [0.717, 1.165) is 18.8 Å². The normalized spacial score (nSPS) is 10.6. The number of hydrogen-bond donors (Lipinski definition) is 1. The van der Waals surface area contributed by atoms with Gasteiger partial charge in [-0.1, -0.05) is 48.5 Å². The van der Waals surface area contributed by atoms with Crippen LogP contribution in [0.1, 0.15) is 11.1 Å². The SMILES string of the molecule is c1ccc(CNCc2cnn(-c3ccccc3)c2)cc1. The summed E-state index contributed by atoms with van der Waals surface area (Å²) in [7, 11) is 0. The molecule has 20 heavy (non-hydrogen) atoms. The van der Waals surface area contributed by atoms with Gasteiger partial charge in [0.1, 0.15) is 0 Å². The van der Waals surface area contributed by atoms with Crippen molar-refractivity contribution in [3.8, 4) is 5.69 Å². The molecule has 0 aliphatic heterocycles. The Kier molecular flexibility index (Phi) is 3.90. The molecule has 3 nitrogen and oxygen atoms in total. The third-order valence-electron chi connectivity index (χ3n) is 3.16. The van der Waals surface area contributed by atoms with Gasteiger partial charge in [-0.2, -0.15) is 5.10 Å². The van der Waals surface area contributed by atoms with E-state index >= 15 is 0 Å². The second-order valence-electron chi connectivity index (χ2n) is 4.72. The summed E-state index contributed by atoms with van der Waals surface area (Å²) in [6, 6.07) is 20.6. The maximum atomic E-state index is 4.39. The van der Waals surface area contributed by atoms with Crippen molar-refractivity contribution in [2.45, 2.75) is 13.1 Å². The summed E-state index contributed by atoms with van der Waals surface area (Å²) in [6.07, 6.45) is 3.97. The number of benzene rings is 2. The Morgan fingerprint density at radius 3 is 2.20 bits per heavy atom. The van der Waals surface area contributed by atoms with Crippen molar-refractivity contribution in [3.63, 3.8) is 0 Å². The van der Waals surface area contributed by atoms with Crippen LogP contribution in [-0.4, -0.2) is 9.78 Å². The lowest BCUT2D eigenvalue weighted by atomic mass is 10.2. The zero-order valence-corrected chi connectivity index (χ0v) is 11.2. The van der Waals surface area contributed by atoms with Crippen molar-refractivity contribution in [3.05, 3.63) is 84.2 Å². The Labute approximate surface area is 118 Å². The van der Waals surface area contributed by atoms with Gasteiger partial charge in [0, 0.05) is 24.8 Å². The molecular formula is C17H17N3. The van der Waals surface area contributed by atoms with Gasteiger partial charge in [-0.25, -0.2) is 4.68 Å². The quantitative estimate of drug-likeness (QED) is 0.766. The molecule has 0 fully saturated rings. The van der Waals surface area contributed by atoms with Gasteiger partial charge in [-0.05, 0) is 17.7 Å².